The van der Waals surface area contributed by atoms with E-state index < -0.39 is 10.0 Å². The molecule has 1 aromatic carbocycles. The molecule has 0 bridgehead atoms. The van der Waals surface area contributed by atoms with Crippen molar-refractivity contribution in [1.29, 1.82) is 0 Å². The summed E-state index contributed by atoms with van der Waals surface area (Å²) in [6.45, 7) is 1.96. The second-order valence-electron chi connectivity index (χ2n) is 4.42. The van der Waals surface area contributed by atoms with Crippen molar-refractivity contribution < 1.29 is 8.42 Å². The monoisotopic (exact) mass is 314 g/mol. The Balaban J connectivity index is 2.23. The van der Waals surface area contributed by atoms with Gasteiger partial charge >= 0.3 is 0 Å². The van der Waals surface area contributed by atoms with Crippen molar-refractivity contribution >= 4 is 27.3 Å². The number of hydrogen-bond donors (Lipinski definition) is 2. The molecule has 6 nitrogen and oxygen atoms in total. The maximum absolute atomic E-state index is 12.2. The number of benzene rings is 1. The van der Waals surface area contributed by atoms with Crippen LogP contribution in [0.5, 0.6) is 0 Å². The largest absolute Gasteiger partial charge is 0.398 e. The van der Waals surface area contributed by atoms with Gasteiger partial charge in [0.25, 0.3) is 0 Å². The maximum Gasteiger partial charge on any atom is 0.242 e. The first kappa shape index (κ1) is 14.8. The van der Waals surface area contributed by atoms with E-state index in [-0.39, 0.29) is 17.1 Å². The minimum Gasteiger partial charge on any atom is -0.398 e. The number of hydrogen-bond acceptors (Lipinski definition) is 4. The number of nitrogens with zero attached hydrogens (tertiary/aromatic N) is 2. The molecule has 0 fully saturated rings. The first-order valence-electron chi connectivity index (χ1n) is 5.83. The summed E-state index contributed by atoms with van der Waals surface area (Å²) in [6.07, 6.45) is 1.76. The van der Waals surface area contributed by atoms with E-state index in [1.165, 1.54) is 12.1 Å². The molecule has 0 saturated carbocycles. The van der Waals surface area contributed by atoms with Crippen LogP contribution in [0, 0.1) is 6.92 Å². The van der Waals surface area contributed by atoms with E-state index in [2.05, 4.69) is 9.82 Å². The zero-order valence-corrected chi connectivity index (χ0v) is 12.7. The SMILES string of the molecule is Cc1nn(C)cc1CNS(=O)(=O)c1cc(Cl)ccc1N. The van der Waals surface area contributed by atoms with Crippen LogP contribution in [0.4, 0.5) is 5.69 Å². The van der Waals surface area contributed by atoms with Crippen LogP contribution in [-0.4, -0.2) is 18.2 Å². The molecule has 0 aliphatic carbocycles. The highest BCUT2D eigenvalue weighted by atomic mass is 35.5. The Kier molecular flexibility index (Phi) is 4.03. The topological polar surface area (TPSA) is 90.0 Å². The van der Waals surface area contributed by atoms with Gasteiger partial charge in [-0.2, -0.15) is 5.10 Å². The maximum atomic E-state index is 12.2. The highest BCUT2D eigenvalue weighted by molar-refractivity contribution is 7.89. The first-order chi connectivity index (χ1) is 9.29. The highest BCUT2D eigenvalue weighted by Crippen LogP contribution is 2.22. The van der Waals surface area contributed by atoms with E-state index in [0.29, 0.717) is 5.02 Å². The average molecular weight is 315 g/mol. The lowest BCUT2D eigenvalue weighted by atomic mass is 10.3. The number of aryl methyl sites for hydroxylation is 2. The summed E-state index contributed by atoms with van der Waals surface area (Å²) in [5.74, 6) is 0. The summed E-state index contributed by atoms with van der Waals surface area (Å²) in [7, 11) is -1.94. The molecule has 0 radical (unpaired) electrons. The molecule has 1 aromatic heterocycles. The fraction of sp³-hybridized carbons (Fsp3) is 0.250. The van der Waals surface area contributed by atoms with Gasteiger partial charge in [-0.15, -0.1) is 0 Å². The Bertz CT molecular complexity index is 740. The second kappa shape index (κ2) is 5.43. The average Bonchev–Trinajstić information content (AvgIpc) is 2.68. The molecule has 2 aromatic rings. The summed E-state index contributed by atoms with van der Waals surface area (Å²) in [5.41, 5.74) is 7.42. The Morgan fingerprint density at radius 1 is 1.45 bits per heavy atom. The Labute approximate surface area is 122 Å². The van der Waals surface area contributed by atoms with Gasteiger partial charge in [-0.25, -0.2) is 13.1 Å². The smallest absolute Gasteiger partial charge is 0.242 e. The molecule has 8 heteroatoms. The van der Waals surface area contributed by atoms with E-state index in [9.17, 15) is 8.42 Å². The van der Waals surface area contributed by atoms with Crippen LogP contribution in [-0.2, 0) is 23.6 Å². The van der Waals surface area contributed by atoms with Gasteiger partial charge in [0.1, 0.15) is 4.90 Å². The molecule has 0 aliphatic heterocycles. The van der Waals surface area contributed by atoms with E-state index in [1.54, 1.807) is 24.0 Å². The molecule has 0 saturated heterocycles. The van der Waals surface area contributed by atoms with Gasteiger partial charge in [-0.3, -0.25) is 4.68 Å². The minimum absolute atomic E-state index is 0.0217. The van der Waals surface area contributed by atoms with Crippen LogP contribution in [0.1, 0.15) is 11.3 Å². The third kappa shape index (κ3) is 3.12. The molecular formula is C12H15ClN4O2S. The molecule has 0 atom stereocenters. The van der Waals surface area contributed by atoms with Gasteiger partial charge in [0.15, 0.2) is 0 Å². The molecule has 0 spiro atoms. The standard InChI is InChI=1S/C12H15ClN4O2S/c1-8-9(7-17(2)16-8)6-15-20(18,19)12-5-10(13)3-4-11(12)14/h3-5,7,15H,6,14H2,1-2H3. The van der Waals surface area contributed by atoms with E-state index in [1.807, 2.05) is 6.92 Å². The number of halogens is 1. The summed E-state index contributed by atoms with van der Waals surface area (Å²) in [5, 5.41) is 4.47. The van der Waals surface area contributed by atoms with Crippen LogP contribution >= 0.6 is 11.6 Å². The normalized spacial score (nSPS) is 11.8. The lowest BCUT2D eigenvalue weighted by Crippen LogP contribution is -2.24. The van der Waals surface area contributed by atoms with Gasteiger partial charge in [0.2, 0.25) is 10.0 Å². The van der Waals surface area contributed by atoms with E-state index in [4.69, 9.17) is 17.3 Å². The first-order valence-corrected chi connectivity index (χ1v) is 7.69. The van der Waals surface area contributed by atoms with Gasteiger partial charge in [-0.1, -0.05) is 11.6 Å². The Morgan fingerprint density at radius 3 is 2.75 bits per heavy atom. The lowest BCUT2D eigenvalue weighted by molar-refractivity contribution is 0.581. The van der Waals surface area contributed by atoms with Gasteiger partial charge in [-0.05, 0) is 25.1 Å². The molecule has 20 heavy (non-hydrogen) atoms. The number of anilines is 1. The van der Waals surface area contributed by atoms with Gasteiger partial charge in [0.05, 0.1) is 11.4 Å². The molecule has 108 valence electrons. The van der Waals surface area contributed by atoms with E-state index >= 15 is 0 Å². The number of nitrogens with one attached hydrogen (secondary N) is 1. The molecule has 3 N–H and O–H groups in total. The van der Waals surface area contributed by atoms with Crippen molar-refractivity contribution in [1.82, 2.24) is 14.5 Å². The molecule has 2 rings (SSSR count). The number of rotatable bonds is 4. The third-order valence-corrected chi connectivity index (χ3v) is 4.52. The van der Waals surface area contributed by atoms with Crippen molar-refractivity contribution in [2.45, 2.75) is 18.4 Å². The summed E-state index contributed by atoms with van der Waals surface area (Å²) < 4.78 is 28.6. The summed E-state index contributed by atoms with van der Waals surface area (Å²) in [4.78, 5) is -0.0217. The zero-order valence-electron chi connectivity index (χ0n) is 11.1. The number of aromatic nitrogens is 2. The predicted molar refractivity (Wildman–Crippen MR) is 77.8 cm³/mol. The van der Waals surface area contributed by atoms with Gasteiger partial charge in [0, 0.05) is 30.4 Å². The molecule has 0 amide bonds. The quantitative estimate of drug-likeness (QED) is 0.836. The molecule has 1 heterocycles. The van der Waals surface area contributed by atoms with Crippen molar-refractivity contribution in [2.24, 2.45) is 7.05 Å². The Hall–Kier alpha value is -1.57. The van der Waals surface area contributed by atoms with Crippen LogP contribution in [0.15, 0.2) is 29.3 Å². The van der Waals surface area contributed by atoms with Crippen LogP contribution in [0.25, 0.3) is 0 Å². The minimum atomic E-state index is -3.72. The Morgan fingerprint density at radius 2 is 2.15 bits per heavy atom. The second-order valence-corrected chi connectivity index (χ2v) is 6.59. The summed E-state index contributed by atoms with van der Waals surface area (Å²) >= 11 is 5.81. The molecule has 0 aliphatic rings. The highest BCUT2D eigenvalue weighted by Gasteiger charge is 2.18. The number of nitrogens with two attached hydrogens (primary N) is 1. The zero-order chi connectivity index (χ0) is 14.9. The number of sulfonamides is 1. The fourth-order valence-electron chi connectivity index (χ4n) is 1.81. The van der Waals surface area contributed by atoms with Crippen LogP contribution < -0.4 is 10.5 Å². The lowest BCUT2D eigenvalue weighted by Gasteiger charge is -2.09. The van der Waals surface area contributed by atoms with Gasteiger partial charge < -0.3 is 5.73 Å². The van der Waals surface area contributed by atoms with Crippen molar-refractivity contribution in [3.8, 4) is 0 Å². The van der Waals surface area contributed by atoms with Crippen LogP contribution in [0.3, 0.4) is 0 Å². The summed E-state index contributed by atoms with van der Waals surface area (Å²) in [6, 6.07) is 4.34. The van der Waals surface area contributed by atoms with Crippen molar-refractivity contribution in [2.75, 3.05) is 5.73 Å². The van der Waals surface area contributed by atoms with Crippen molar-refractivity contribution in [3.05, 3.63) is 40.7 Å². The number of nitrogen functional groups attached to an aromatic ring is 1. The predicted octanol–water partition coefficient (Wildman–Crippen LogP) is 1.44. The van der Waals surface area contributed by atoms with Crippen molar-refractivity contribution in [3.63, 3.8) is 0 Å². The fourth-order valence-corrected chi connectivity index (χ4v) is 3.21. The van der Waals surface area contributed by atoms with Crippen LogP contribution in [0.2, 0.25) is 5.02 Å². The molecule has 0 unspecified atom stereocenters. The molecular weight excluding hydrogens is 300 g/mol. The van der Waals surface area contributed by atoms with E-state index in [0.717, 1.165) is 11.3 Å². The third-order valence-electron chi connectivity index (χ3n) is 2.83.